The lowest BCUT2D eigenvalue weighted by molar-refractivity contribution is 0.0682. The zero-order valence-electron chi connectivity index (χ0n) is 15.6. The van der Waals surface area contributed by atoms with Crippen LogP contribution in [0, 0.1) is 5.92 Å². The van der Waals surface area contributed by atoms with Gasteiger partial charge in [-0.2, -0.15) is 0 Å². The molecule has 1 atom stereocenters. The van der Waals surface area contributed by atoms with Crippen LogP contribution >= 0.6 is 11.6 Å². The quantitative estimate of drug-likeness (QED) is 0.840. The Labute approximate surface area is 165 Å². The number of hydrogen-bond donors (Lipinski definition) is 1. The van der Waals surface area contributed by atoms with E-state index in [1.54, 1.807) is 24.3 Å². The molecule has 1 aliphatic rings. The number of amides is 2. The molecule has 2 amide bonds. The minimum atomic E-state index is -0.136. The van der Waals surface area contributed by atoms with E-state index in [0.29, 0.717) is 28.6 Å². The smallest absolute Gasteiger partial charge is 0.253 e. The van der Waals surface area contributed by atoms with Gasteiger partial charge in [0.2, 0.25) is 0 Å². The van der Waals surface area contributed by atoms with E-state index < -0.39 is 0 Å². The molecule has 1 fully saturated rings. The minimum absolute atomic E-state index is 0.0504. The highest BCUT2D eigenvalue weighted by Crippen LogP contribution is 2.18. The summed E-state index contributed by atoms with van der Waals surface area (Å²) in [6.45, 7) is 4.33. The highest BCUT2D eigenvalue weighted by atomic mass is 35.5. The van der Waals surface area contributed by atoms with Crippen LogP contribution in [0.3, 0.4) is 0 Å². The fraction of sp³-hybridized carbons (Fsp3) is 0.364. The molecule has 1 heterocycles. The Morgan fingerprint density at radius 1 is 1.15 bits per heavy atom. The average Bonchev–Trinajstić information content (AvgIpc) is 2.67. The number of halogens is 1. The van der Waals surface area contributed by atoms with Gasteiger partial charge in [0.15, 0.2) is 0 Å². The Kier molecular flexibility index (Phi) is 6.51. The van der Waals surface area contributed by atoms with Gasteiger partial charge in [0.05, 0.1) is 0 Å². The van der Waals surface area contributed by atoms with Crippen LogP contribution in [0.2, 0.25) is 5.02 Å². The summed E-state index contributed by atoms with van der Waals surface area (Å²) in [6.07, 6.45) is 2.95. The van der Waals surface area contributed by atoms with Crippen molar-refractivity contribution in [2.75, 3.05) is 19.6 Å². The first-order chi connectivity index (χ1) is 13.0. The van der Waals surface area contributed by atoms with Crippen LogP contribution in [0.15, 0.2) is 48.5 Å². The van der Waals surface area contributed by atoms with Gasteiger partial charge in [0, 0.05) is 35.8 Å². The maximum atomic E-state index is 12.6. The van der Waals surface area contributed by atoms with E-state index in [0.717, 1.165) is 31.5 Å². The fourth-order valence-electron chi connectivity index (χ4n) is 3.44. The molecule has 1 N–H and O–H groups in total. The fourth-order valence-corrected chi connectivity index (χ4v) is 3.65. The summed E-state index contributed by atoms with van der Waals surface area (Å²) >= 11 is 5.97. The van der Waals surface area contributed by atoms with Gasteiger partial charge in [0.1, 0.15) is 0 Å². The average molecular weight is 385 g/mol. The molecule has 27 heavy (non-hydrogen) atoms. The van der Waals surface area contributed by atoms with Gasteiger partial charge in [-0.1, -0.05) is 30.7 Å². The van der Waals surface area contributed by atoms with Crippen LogP contribution in [0.1, 0.15) is 46.0 Å². The summed E-state index contributed by atoms with van der Waals surface area (Å²) in [4.78, 5) is 26.8. The van der Waals surface area contributed by atoms with Gasteiger partial charge in [-0.15, -0.1) is 0 Å². The highest BCUT2D eigenvalue weighted by Gasteiger charge is 2.22. The second-order valence-corrected chi connectivity index (χ2v) is 7.65. The number of likely N-dealkylation sites (tertiary alicyclic amines) is 1. The van der Waals surface area contributed by atoms with Crippen molar-refractivity contribution in [3.05, 3.63) is 70.2 Å². The van der Waals surface area contributed by atoms with Crippen molar-refractivity contribution < 1.29 is 9.59 Å². The number of rotatable bonds is 5. The Hall–Kier alpha value is -2.33. The maximum Gasteiger partial charge on any atom is 0.253 e. The van der Waals surface area contributed by atoms with Crippen molar-refractivity contribution in [2.24, 2.45) is 5.92 Å². The second kappa shape index (κ2) is 9.05. The van der Waals surface area contributed by atoms with Crippen LogP contribution in [0.5, 0.6) is 0 Å². The van der Waals surface area contributed by atoms with Gasteiger partial charge in [-0.05, 0) is 67.1 Å². The van der Waals surface area contributed by atoms with Crippen molar-refractivity contribution in [1.82, 2.24) is 10.2 Å². The molecule has 0 aliphatic carbocycles. The number of piperidine rings is 1. The Bertz CT molecular complexity index is 804. The van der Waals surface area contributed by atoms with Crippen molar-refractivity contribution in [3.8, 4) is 0 Å². The lowest BCUT2D eigenvalue weighted by Gasteiger charge is -2.31. The standard InChI is InChI=1S/C22H25ClN2O2/c1-16-4-3-13-25(15-16)22(27)19-9-7-18(8-10-19)21(26)24-12-11-17-5-2-6-20(23)14-17/h2,5-10,14,16H,3-4,11-13,15H2,1H3,(H,24,26). The molecule has 3 rings (SSSR count). The molecule has 2 aromatic rings. The molecule has 1 unspecified atom stereocenters. The van der Waals surface area contributed by atoms with E-state index in [-0.39, 0.29) is 11.8 Å². The molecule has 0 bridgehead atoms. The van der Waals surface area contributed by atoms with Gasteiger partial charge in [0.25, 0.3) is 11.8 Å². The lowest BCUT2D eigenvalue weighted by atomic mass is 9.99. The van der Waals surface area contributed by atoms with Crippen LogP contribution in [0.25, 0.3) is 0 Å². The first kappa shape index (κ1) is 19.4. The number of hydrogen-bond acceptors (Lipinski definition) is 2. The molecule has 0 saturated carbocycles. The summed E-state index contributed by atoms with van der Waals surface area (Å²) in [5, 5.41) is 3.60. The van der Waals surface area contributed by atoms with E-state index >= 15 is 0 Å². The summed E-state index contributed by atoms with van der Waals surface area (Å²) in [5.74, 6) is 0.462. The topological polar surface area (TPSA) is 49.4 Å². The Morgan fingerprint density at radius 2 is 1.89 bits per heavy atom. The summed E-state index contributed by atoms with van der Waals surface area (Å²) in [6, 6.07) is 14.5. The molecule has 142 valence electrons. The van der Waals surface area contributed by atoms with Gasteiger partial charge >= 0.3 is 0 Å². The van der Waals surface area contributed by atoms with Crippen LogP contribution in [0.4, 0.5) is 0 Å². The summed E-state index contributed by atoms with van der Waals surface area (Å²) < 4.78 is 0. The zero-order valence-corrected chi connectivity index (χ0v) is 16.3. The van der Waals surface area contributed by atoms with E-state index in [2.05, 4.69) is 12.2 Å². The van der Waals surface area contributed by atoms with Crippen LogP contribution in [-0.4, -0.2) is 36.3 Å². The molecule has 2 aromatic carbocycles. The van der Waals surface area contributed by atoms with Gasteiger partial charge < -0.3 is 10.2 Å². The van der Waals surface area contributed by atoms with Crippen molar-refractivity contribution in [3.63, 3.8) is 0 Å². The molecular weight excluding hydrogens is 360 g/mol. The van der Waals surface area contributed by atoms with E-state index in [4.69, 9.17) is 11.6 Å². The Balaban J connectivity index is 1.53. The molecule has 1 saturated heterocycles. The van der Waals surface area contributed by atoms with Crippen molar-refractivity contribution in [1.29, 1.82) is 0 Å². The molecule has 1 aliphatic heterocycles. The Morgan fingerprint density at radius 3 is 2.59 bits per heavy atom. The predicted molar refractivity (Wildman–Crippen MR) is 108 cm³/mol. The van der Waals surface area contributed by atoms with Crippen LogP contribution < -0.4 is 5.32 Å². The maximum absolute atomic E-state index is 12.6. The molecule has 0 radical (unpaired) electrons. The third-order valence-corrected chi connectivity index (χ3v) is 5.16. The van der Waals surface area contributed by atoms with Crippen molar-refractivity contribution >= 4 is 23.4 Å². The first-order valence-electron chi connectivity index (χ1n) is 9.45. The number of nitrogens with zero attached hydrogens (tertiary/aromatic N) is 1. The largest absolute Gasteiger partial charge is 0.352 e. The number of benzene rings is 2. The number of carbonyl (C=O) groups is 2. The SMILES string of the molecule is CC1CCCN(C(=O)c2ccc(C(=O)NCCc3cccc(Cl)c3)cc2)C1. The molecule has 5 heteroatoms. The van der Waals surface area contributed by atoms with Gasteiger partial charge in [-0.25, -0.2) is 0 Å². The van der Waals surface area contributed by atoms with E-state index in [1.807, 2.05) is 29.2 Å². The number of nitrogens with one attached hydrogen (secondary N) is 1. The monoisotopic (exact) mass is 384 g/mol. The molecule has 0 aromatic heterocycles. The normalized spacial score (nSPS) is 16.8. The minimum Gasteiger partial charge on any atom is -0.352 e. The molecule has 0 spiro atoms. The van der Waals surface area contributed by atoms with E-state index in [1.165, 1.54) is 6.42 Å². The molecular formula is C22H25ClN2O2. The first-order valence-corrected chi connectivity index (χ1v) is 9.82. The zero-order chi connectivity index (χ0) is 19.2. The third-order valence-electron chi connectivity index (χ3n) is 4.93. The summed E-state index contributed by atoms with van der Waals surface area (Å²) in [5.41, 5.74) is 2.28. The number of carbonyl (C=O) groups excluding carboxylic acids is 2. The second-order valence-electron chi connectivity index (χ2n) is 7.21. The van der Waals surface area contributed by atoms with Crippen molar-refractivity contribution in [2.45, 2.75) is 26.2 Å². The summed E-state index contributed by atoms with van der Waals surface area (Å²) in [7, 11) is 0. The van der Waals surface area contributed by atoms with Crippen LogP contribution in [-0.2, 0) is 6.42 Å². The van der Waals surface area contributed by atoms with E-state index in [9.17, 15) is 9.59 Å². The highest BCUT2D eigenvalue weighted by molar-refractivity contribution is 6.30. The third kappa shape index (κ3) is 5.33. The predicted octanol–water partition coefficient (Wildman–Crippen LogP) is 4.18. The molecule has 4 nitrogen and oxygen atoms in total. The van der Waals surface area contributed by atoms with Gasteiger partial charge in [-0.3, -0.25) is 9.59 Å². The lowest BCUT2D eigenvalue weighted by Crippen LogP contribution is -2.39.